The molecule has 0 atom stereocenters. The van der Waals surface area contributed by atoms with Crippen LogP contribution in [0.5, 0.6) is 0 Å². The van der Waals surface area contributed by atoms with E-state index < -0.39 is 0 Å². The van der Waals surface area contributed by atoms with Gasteiger partial charge in [-0.25, -0.2) is 0 Å². The Hall–Kier alpha value is 2.17. The third kappa shape index (κ3) is 22.8. The first-order valence-electron chi connectivity index (χ1n) is 0.224. The van der Waals surface area contributed by atoms with Crippen LogP contribution in [0.1, 0.15) is 1.43 Å². The summed E-state index contributed by atoms with van der Waals surface area (Å²) in [5.74, 6) is 0. The molecule has 0 radical (unpaired) electrons. The van der Waals surface area contributed by atoms with Gasteiger partial charge in [0.25, 0.3) is 0 Å². The summed E-state index contributed by atoms with van der Waals surface area (Å²) in [6, 6.07) is 0. The van der Waals surface area contributed by atoms with E-state index in [1.54, 1.807) is 0 Å². The molecular formula is CHFe2KN-. The molecule has 1 nitrogen and oxygen atoms in total. The molecule has 0 aliphatic rings. The standard InChI is InChI=1S/CN.2Fe.K.H/c1-2;;;;/q-1;;;+1;-1. The van der Waals surface area contributed by atoms with Gasteiger partial charge in [-0.15, -0.1) is 0 Å². The summed E-state index contributed by atoms with van der Waals surface area (Å²) in [5.41, 5.74) is 0. The molecule has 0 fully saturated rings. The van der Waals surface area contributed by atoms with E-state index >= 15 is 0 Å². The normalized spacial score (nSPS) is 0.400. The quantitative estimate of drug-likeness (QED) is 0.290. The van der Waals surface area contributed by atoms with Crippen LogP contribution < -0.4 is 51.4 Å². The van der Waals surface area contributed by atoms with Gasteiger partial charge in [0.2, 0.25) is 0 Å². The van der Waals surface area contributed by atoms with Crippen LogP contribution in [0.2, 0.25) is 0 Å². The van der Waals surface area contributed by atoms with Crippen molar-refractivity contribution in [3.63, 3.8) is 0 Å². The fourth-order valence-electron chi connectivity index (χ4n) is 0. The minimum atomic E-state index is 0. The first-order chi connectivity index (χ1) is 1.00. The van der Waals surface area contributed by atoms with Crippen molar-refractivity contribution in [3.05, 3.63) is 6.57 Å². The third-order valence-corrected chi connectivity index (χ3v) is 0. The van der Waals surface area contributed by atoms with E-state index in [0.717, 1.165) is 0 Å². The molecule has 0 rings (SSSR count). The minimum Gasteiger partial charge on any atom is -1.00 e. The Morgan fingerprint density at radius 2 is 1.20 bits per heavy atom. The van der Waals surface area contributed by atoms with Gasteiger partial charge in [0.05, 0.1) is 0 Å². The largest absolute Gasteiger partial charge is 1.00 e. The van der Waals surface area contributed by atoms with E-state index in [-0.39, 0.29) is 86.9 Å². The molecular weight excluding hydrogens is 177 g/mol. The molecule has 0 saturated heterocycles. The second-order valence-electron chi connectivity index (χ2n) is 0. The molecule has 0 aliphatic heterocycles. The fraction of sp³-hybridized carbons (Fsp3) is 0. The predicted octanol–water partition coefficient (Wildman–Crippen LogP) is -2.79. The van der Waals surface area contributed by atoms with Gasteiger partial charge in [-0.3, -0.25) is 0 Å². The van der Waals surface area contributed by atoms with Gasteiger partial charge in [-0.05, 0) is 0 Å². The van der Waals surface area contributed by atoms with Crippen LogP contribution in [0, 0.1) is 11.8 Å². The number of hydrogen-bond acceptors (Lipinski definition) is 1. The molecule has 0 aromatic carbocycles. The zero-order valence-corrected chi connectivity index (χ0v) is 7.99. The molecule has 5 heavy (non-hydrogen) atoms. The van der Waals surface area contributed by atoms with Crippen LogP contribution >= 0.6 is 0 Å². The van der Waals surface area contributed by atoms with Crippen molar-refractivity contribution in [2.75, 3.05) is 0 Å². The van der Waals surface area contributed by atoms with Gasteiger partial charge in [-0.2, -0.15) is 0 Å². The Morgan fingerprint density at radius 3 is 1.20 bits per heavy atom. The van der Waals surface area contributed by atoms with Crippen LogP contribution in [0.3, 0.4) is 0 Å². The predicted molar refractivity (Wildman–Crippen MR) is 6.08 cm³/mol. The van der Waals surface area contributed by atoms with Crippen molar-refractivity contribution in [2.24, 2.45) is 0 Å². The Labute approximate surface area is 96.7 Å². The number of hydrogen-bond donors (Lipinski definition) is 0. The summed E-state index contributed by atoms with van der Waals surface area (Å²) in [4.78, 5) is 0. The Bertz CT molecular complexity index is 18.3. The van der Waals surface area contributed by atoms with Crippen LogP contribution in [-0.4, -0.2) is 0 Å². The number of nitrogens with zero attached hydrogens (tertiary/aromatic N) is 1. The van der Waals surface area contributed by atoms with E-state index in [4.69, 9.17) is 11.8 Å². The summed E-state index contributed by atoms with van der Waals surface area (Å²) in [5, 5.41) is 6.25. The van der Waals surface area contributed by atoms with Crippen molar-refractivity contribution >= 4 is 0 Å². The van der Waals surface area contributed by atoms with E-state index in [9.17, 15) is 0 Å². The molecule has 0 unspecified atom stereocenters. The average Bonchev–Trinajstić information content (AvgIpc) is 1.00. The van der Waals surface area contributed by atoms with Crippen LogP contribution in [0.15, 0.2) is 0 Å². The maximum Gasteiger partial charge on any atom is 1.00 e. The van der Waals surface area contributed by atoms with E-state index in [0.29, 0.717) is 0 Å². The monoisotopic (exact) mass is 178 g/mol. The van der Waals surface area contributed by atoms with Crippen molar-refractivity contribution in [3.8, 4) is 0 Å². The van der Waals surface area contributed by atoms with Gasteiger partial charge in [0.15, 0.2) is 0 Å². The van der Waals surface area contributed by atoms with Crippen molar-refractivity contribution in [1.29, 1.82) is 5.26 Å². The molecule has 28 valence electrons. The molecule has 0 N–H and O–H groups in total. The third-order valence-electron chi connectivity index (χ3n) is 0. The zero-order chi connectivity index (χ0) is 2.00. The fourth-order valence-corrected chi connectivity index (χ4v) is 0. The maximum absolute atomic E-state index is 6.25. The molecule has 0 aromatic rings. The van der Waals surface area contributed by atoms with Gasteiger partial charge >= 0.3 is 51.4 Å². The van der Waals surface area contributed by atoms with Gasteiger partial charge in [-0.1, -0.05) is 0 Å². The summed E-state index contributed by atoms with van der Waals surface area (Å²) in [7, 11) is 0. The first-order valence-corrected chi connectivity index (χ1v) is 0.224. The Morgan fingerprint density at radius 1 is 1.20 bits per heavy atom. The summed E-state index contributed by atoms with van der Waals surface area (Å²) in [6.07, 6.45) is 0. The first kappa shape index (κ1) is 27.2. The molecule has 0 bridgehead atoms. The molecule has 0 saturated carbocycles. The van der Waals surface area contributed by atoms with E-state index in [2.05, 4.69) is 0 Å². The second-order valence-corrected chi connectivity index (χ2v) is 0. The molecule has 0 spiro atoms. The maximum atomic E-state index is 6.25. The van der Waals surface area contributed by atoms with Crippen molar-refractivity contribution in [2.45, 2.75) is 0 Å². The summed E-state index contributed by atoms with van der Waals surface area (Å²) < 4.78 is 0. The second kappa shape index (κ2) is 35.1. The van der Waals surface area contributed by atoms with E-state index in [1.165, 1.54) is 0 Å². The Kier molecular flexibility index (Phi) is 191. The zero-order valence-electron chi connectivity index (χ0n) is 3.65. The molecule has 4 heteroatoms. The average molecular weight is 178 g/mol. The van der Waals surface area contributed by atoms with Crippen molar-refractivity contribution < 1.29 is 86.9 Å². The van der Waals surface area contributed by atoms with Crippen molar-refractivity contribution in [1.82, 2.24) is 0 Å². The minimum absolute atomic E-state index is 0. The van der Waals surface area contributed by atoms with Gasteiger partial charge in [0, 0.05) is 34.1 Å². The molecule has 0 amide bonds. The SMILES string of the molecule is [C-]#N.[Fe].[Fe].[H-].[K+]. The van der Waals surface area contributed by atoms with Crippen LogP contribution in [0.25, 0.3) is 0 Å². The Balaban J connectivity index is -0.000000000833. The molecule has 0 aliphatic carbocycles. The van der Waals surface area contributed by atoms with Gasteiger partial charge < -0.3 is 13.3 Å². The van der Waals surface area contributed by atoms with Gasteiger partial charge in [0.1, 0.15) is 0 Å². The number of rotatable bonds is 0. The summed E-state index contributed by atoms with van der Waals surface area (Å²) >= 11 is 0. The van der Waals surface area contributed by atoms with Crippen LogP contribution in [-0.2, 0) is 34.1 Å². The summed E-state index contributed by atoms with van der Waals surface area (Å²) in [6.45, 7) is 4.75. The smallest absolute Gasteiger partial charge is 1.00 e. The van der Waals surface area contributed by atoms with E-state index in [1.807, 2.05) is 0 Å². The molecule has 0 aromatic heterocycles. The molecule has 0 heterocycles. The van der Waals surface area contributed by atoms with Crippen LogP contribution in [0.4, 0.5) is 0 Å². The topological polar surface area (TPSA) is 23.8 Å².